The van der Waals surface area contributed by atoms with Crippen LogP contribution in [0.2, 0.25) is 0 Å². The summed E-state index contributed by atoms with van der Waals surface area (Å²) in [6, 6.07) is 10.0. The van der Waals surface area contributed by atoms with Gasteiger partial charge in [-0.25, -0.2) is 24.0 Å². The van der Waals surface area contributed by atoms with Crippen LogP contribution in [0.1, 0.15) is 38.7 Å². The van der Waals surface area contributed by atoms with E-state index in [0.717, 1.165) is 37.1 Å². The number of primary amides is 1. The number of aliphatic carboxylic acids is 3. The lowest BCUT2D eigenvalue weighted by Crippen LogP contribution is -2.11. The summed E-state index contributed by atoms with van der Waals surface area (Å²) in [5, 5.41) is 24.0. The molecule has 0 heterocycles. The van der Waals surface area contributed by atoms with Crippen LogP contribution in [0.4, 0.5) is 4.79 Å². The van der Waals surface area contributed by atoms with Crippen LogP contribution in [0.25, 0.3) is 6.08 Å². The van der Waals surface area contributed by atoms with E-state index >= 15 is 0 Å². The van der Waals surface area contributed by atoms with Crippen molar-refractivity contribution in [3.05, 3.63) is 92.1 Å². The fraction of sp³-hybridized carbons (Fsp3) is 0.267. The predicted octanol–water partition coefficient (Wildman–Crippen LogP) is 4.41. The Hall–Kier alpha value is -5.46. The van der Waals surface area contributed by atoms with Gasteiger partial charge in [-0.05, 0) is 25.0 Å². The van der Waals surface area contributed by atoms with E-state index in [2.05, 4.69) is 41.5 Å². The van der Waals surface area contributed by atoms with Crippen molar-refractivity contribution in [1.29, 1.82) is 0 Å². The Morgan fingerprint density at radius 3 is 1.70 bits per heavy atom. The number of ether oxygens (including phenoxy) is 3. The lowest BCUT2D eigenvalue weighted by molar-refractivity contribution is -0.143. The third-order valence-electron chi connectivity index (χ3n) is 3.64. The van der Waals surface area contributed by atoms with Crippen LogP contribution in [0, 0.1) is 0 Å². The molecule has 238 valence electrons. The summed E-state index contributed by atoms with van der Waals surface area (Å²) < 4.78 is 13.3. The molecule has 13 heteroatoms. The van der Waals surface area contributed by atoms with E-state index in [0.29, 0.717) is 13.2 Å². The highest BCUT2D eigenvalue weighted by Gasteiger charge is 2.04. The average Bonchev–Trinajstić information content (AvgIpc) is 2.97. The van der Waals surface area contributed by atoms with Gasteiger partial charge in [0.2, 0.25) is 0 Å². The summed E-state index contributed by atoms with van der Waals surface area (Å²) in [6.07, 6.45) is 6.48. The van der Waals surface area contributed by atoms with Crippen LogP contribution < -0.4 is 5.73 Å². The van der Waals surface area contributed by atoms with Crippen molar-refractivity contribution in [2.24, 2.45) is 5.73 Å². The van der Waals surface area contributed by atoms with Crippen molar-refractivity contribution in [2.45, 2.75) is 33.1 Å². The number of rotatable bonds is 13. The molecule has 1 amide bonds. The summed E-state index contributed by atoms with van der Waals surface area (Å²) in [6.45, 7) is 17.4. The Morgan fingerprint density at radius 2 is 1.37 bits per heavy atom. The van der Waals surface area contributed by atoms with Crippen molar-refractivity contribution in [1.82, 2.24) is 0 Å². The van der Waals surface area contributed by atoms with Gasteiger partial charge in [0.05, 0.1) is 25.2 Å². The Kier molecular flexibility index (Phi) is 33.9. The van der Waals surface area contributed by atoms with E-state index < -0.39 is 35.9 Å². The Labute approximate surface area is 251 Å². The van der Waals surface area contributed by atoms with E-state index in [1.807, 2.05) is 43.3 Å². The van der Waals surface area contributed by atoms with Gasteiger partial charge in [0.25, 0.3) is 0 Å². The molecule has 1 aromatic carbocycles. The quantitative estimate of drug-likeness (QED) is 0.0806. The van der Waals surface area contributed by atoms with Crippen LogP contribution in [-0.4, -0.2) is 71.1 Å². The zero-order valence-electron chi connectivity index (χ0n) is 24.4. The number of esters is 2. The summed E-state index contributed by atoms with van der Waals surface area (Å²) in [5.74, 6) is -4.26. The molecule has 0 unspecified atom stereocenters. The zero-order valence-corrected chi connectivity index (χ0v) is 24.4. The topological polar surface area (TPSA) is 217 Å². The monoisotopic (exact) mass is 607 g/mol. The van der Waals surface area contributed by atoms with Gasteiger partial charge in [-0.1, -0.05) is 76.1 Å². The number of carboxylic acid groups (broad SMARTS) is 3. The minimum absolute atomic E-state index is 0.0449. The van der Waals surface area contributed by atoms with Gasteiger partial charge in [-0.15, -0.1) is 0 Å². The molecule has 0 spiro atoms. The van der Waals surface area contributed by atoms with Gasteiger partial charge in [-0.3, -0.25) is 4.79 Å². The molecule has 43 heavy (non-hydrogen) atoms. The van der Waals surface area contributed by atoms with Crippen molar-refractivity contribution >= 4 is 42.0 Å². The SMILES string of the molecule is C=C(C=CC(=O)O)C(=O)OCCCC.C=CC(=O)O.C=CC(=O)OCCC(=O)O.C=Cc1ccccc1.CCOC(N)=O. The molecule has 0 aliphatic rings. The Balaban J connectivity index is -0.000000232. The maximum absolute atomic E-state index is 11.1. The molecule has 0 aromatic heterocycles. The van der Waals surface area contributed by atoms with E-state index in [-0.39, 0.29) is 18.6 Å². The van der Waals surface area contributed by atoms with Crippen molar-refractivity contribution in [3.8, 4) is 0 Å². The lowest BCUT2D eigenvalue weighted by Gasteiger charge is -2.02. The number of carboxylic acids is 3. The van der Waals surface area contributed by atoms with E-state index in [1.165, 1.54) is 5.56 Å². The van der Waals surface area contributed by atoms with Gasteiger partial charge in [0, 0.05) is 18.2 Å². The predicted molar refractivity (Wildman–Crippen MR) is 161 cm³/mol. The molecule has 1 rings (SSSR count). The van der Waals surface area contributed by atoms with Gasteiger partial charge in [-0.2, -0.15) is 0 Å². The van der Waals surface area contributed by atoms with Crippen LogP contribution in [0.5, 0.6) is 0 Å². The molecular formula is C30H41NO12. The highest BCUT2D eigenvalue weighted by molar-refractivity contribution is 5.93. The molecule has 0 atom stereocenters. The first-order chi connectivity index (χ1) is 20.2. The maximum Gasteiger partial charge on any atom is 0.404 e. The summed E-state index contributed by atoms with van der Waals surface area (Å²) >= 11 is 0. The highest BCUT2D eigenvalue weighted by Crippen LogP contribution is 1.99. The molecule has 0 radical (unpaired) electrons. The highest BCUT2D eigenvalue weighted by atomic mass is 16.5. The third kappa shape index (κ3) is 43.8. The Morgan fingerprint density at radius 1 is 0.814 bits per heavy atom. The molecule has 0 saturated heterocycles. The molecule has 1 aromatic rings. The van der Waals surface area contributed by atoms with E-state index in [9.17, 15) is 28.8 Å². The number of carbonyl (C=O) groups is 6. The molecule has 0 aliphatic heterocycles. The maximum atomic E-state index is 11.1. The van der Waals surface area contributed by atoms with Crippen LogP contribution in [-0.2, 0) is 38.2 Å². The third-order valence-corrected chi connectivity index (χ3v) is 3.64. The van der Waals surface area contributed by atoms with Crippen LogP contribution in [0.15, 0.2) is 86.5 Å². The lowest BCUT2D eigenvalue weighted by atomic mass is 10.2. The summed E-state index contributed by atoms with van der Waals surface area (Å²) in [7, 11) is 0. The van der Waals surface area contributed by atoms with Gasteiger partial charge in [0.15, 0.2) is 0 Å². The number of unbranched alkanes of at least 4 members (excludes halogenated alkanes) is 1. The first kappa shape index (κ1) is 44.6. The number of hydrogen-bond acceptors (Lipinski definition) is 9. The molecule has 0 bridgehead atoms. The number of nitrogens with two attached hydrogens (primary N) is 1. The molecule has 0 fully saturated rings. The first-order valence-electron chi connectivity index (χ1n) is 12.4. The number of hydrogen-bond donors (Lipinski definition) is 4. The van der Waals surface area contributed by atoms with Crippen molar-refractivity contribution in [2.75, 3.05) is 19.8 Å². The molecular weight excluding hydrogens is 566 g/mol. The number of benzene rings is 1. The fourth-order valence-electron chi connectivity index (χ4n) is 1.67. The zero-order chi connectivity index (χ0) is 34.1. The van der Waals surface area contributed by atoms with Crippen molar-refractivity contribution in [3.63, 3.8) is 0 Å². The fourth-order valence-corrected chi connectivity index (χ4v) is 1.67. The van der Waals surface area contributed by atoms with Gasteiger partial charge in [0.1, 0.15) is 6.61 Å². The van der Waals surface area contributed by atoms with Crippen LogP contribution in [0.3, 0.4) is 0 Å². The molecule has 0 saturated carbocycles. The summed E-state index contributed by atoms with van der Waals surface area (Å²) in [4.78, 5) is 60.1. The minimum Gasteiger partial charge on any atom is -0.481 e. The second-order valence-corrected chi connectivity index (χ2v) is 7.11. The first-order valence-corrected chi connectivity index (χ1v) is 12.4. The number of amides is 1. The standard InChI is InChI=1S/C10H14O4.C8H8.C6H8O4.C3H7NO2.C3H4O2/c1-3-4-7-14-10(13)8(2)5-6-9(11)12;1-2-8-6-4-3-5-7-8;1-2-6(9)10-4-3-5(7)8;1-2-6-3(4)5;1-2-3(4)5/h5-6H,2-4,7H2,1H3,(H,11,12);2-7H,1H2;2H,1,3-4H2,(H,7,8);2H2,1H3,(H2,4,5);2H,1H2,(H,4,5). The normalized spacial score (nSPS) is 8.60. The largest absolute Gasteiger partial charge is 0.481 e. The van der Waals surface area contributed by atoms with Gasteiger partial charge >= 0.3 is 35.9 Å². The molecule has 13 nitrogen and oxygen atoms in total. The number of carbonyl (C=O) groups excluding carboxylic acids is 3. The van der Waals surface area contributed by atoms with Gasteiger partial charge < -0.3 is 35.3 Å². The summed E-state index contributed by atoms with van der Waals surface area (Å²) in [5.41, 5.74) is 5.76. The van der Waals surface area contributed by atoms with E-state index in [1.54, 1.807) is 6.92 Å². The van der Waals surface area contributed by atoms with Crippen LogP contribution >= 0.6 is 0 Å². The second kappa shape index (κ2) is 32.8. The van der Waals surface area contributed by atoms with E-state index in [4.69, 9.17) is 20.1 Å². The average molecular weight is 608 g/mol. The smallest absolute Gasteiger partial charge is 0.404 e. The molecule has 5 N–H and O–H groups in total. The Bertz CT molecular complexity index is 1050. The minimum atomic E-state index is -1.12. The second-order valence-electron chi connectivity index (χ2n) is 7.11. The molecule has 0 aliphatic carbocycles. The van der Waals surface area contributed by atoms with Crippen molar-refractivity contribution < 1.29 is 58.3 Å².